The van der Waals surface area contributed by atoms with Crippen LogP contribution >= 0.6 is 11.3 Å². The average Bonchev–Trinajstić information content (AvgIpc) is 2.85. The van der Waals surface area contributed by atoms with Gasteiger partial charge in [0.2, 0.25) is 0 Å². The third kappa shape index (κ3) is 3.67. The molecular formula is C13H24N4S. The van der Waals surface area contributed by atoms with Crippen molar-refractivity contribution in [1.29, 1.82) is 0 Å². The fourth-order valence-electron chi connectivity index (χ4n) is 1.94. The van der Waals surface area contributed by atoms with E-state index in [1.54, 1.807) is 0 Å². The van der Waals surface area contributed by atoms with E-state index < -0.39 is 0 Å². The molecule has 1 unspecified atom stereocenters. The summed E-state index contributed by atoms with van der Waals surface area (Å²) in [5, 5.41) is 4.70. The standard InChI is InChI=1S/C13H24N4S/c1-4-11(2)14-9-12-10-15-13(18-12)17-7-5-16(3)6-8-17/h10-11,14H,4-9H2,1-3H3. The molecule has 0 bridgehead atoms. The summed E-state index contributed by atoms with van der Waals surface area (Å²) in [7, 11) is 2.18. The lowest BCUT2D eigenvalue weighted by atomic mass is 10.2. The highest BCUT2D eigenvalue weighted by Gasteiger charge is 2.16. The maximum absolute atomic E-state index is 4.55. The molecule has 18 heavy (non-hydrogen) atoms. The third-order valence-corrected chi connectivity index (χ3v) is 4.61. The number of piperazine rings is 1. The first-order valence-corrected chi connectivity index (χ1v) is 7.62. The van der Waals surface area contributed by atoms with Gasteiger partial charge < -0.3 is 15.1 Å². The molecule has 1 aliphatic heterocycles. The summed E-state index contributed by atoms with van der Waals surface area (Å²) < 4.78 is 0. The SMILES string of the molecule is CCC(C)NCc1cnc(N2CCN(C)CC2)s1. The number of hydrogen-bond acceptors (Lipinski definition) is 5. The van der Waals surface area contributed by atoms with Crippen molar-refractivity contribution in [1.82, 2.24) is 15.2 Å². The maximum atomic E-state index is 4.55. The molecule has 0 saturated carbocycles. The lowest BCUT2D eigenvalue weighted by molar-refractivity contribution is 0.313. The molecule has 1 N–H and O–H groups in total. The summed E-state index contributed by atoms with van der Waals surface area (Å²) in [5.74, 6) is 0. The van der Waals surface area contributed by atoms with Crippen molar-refractivity contribution in [2.75, 3.05) is 38.1 Å². The molecule has 0 aliphatic carbocycles. The topological polar surface area (TPSA) is 31.4 Å². The van der Waals surface area contributed by atoms with E-state index in [0.717, 1.165) is 32.7 Å². The van der Waals surface area contributed by atoms with Crippen LogP contribution in [0.3, 0.4) is 0 Å². The van der Waals surface area contributed by atoms with Crippen molar-refractivity contribution >= 4 is 16.5 Å². The highest BCUT2D eigenvalue weighted by molar-refractivity contribution is 7.15. The molecule has 0 radical (unpaired) electrons. The molecule has 0 amide bonds. The number of thiazole rings is 1. The number of anilines is 1. The predicted molar refractivity (Wildman–Crippen MR) is 78.4 cm³/mol. The van der Waals surface area contributed by atoms with Gasteiger partial charge in [-0.3, -0.25) is 0 Å². The highest BCUT2D eigenvalue weighted by Crippen LogP contribution is 2.23. The summed E-state index contributed by atoms with van der Waals surface area (Å²) in [6.07, 6.45) is 3.19. The van der Waals surface area contributed by atoms with Gasteiger partial charge in [0.25, 0.3) is 0 Å². The zero-order valence-electron chi connectivity index (χ0n) is 11.6. The van der Waals surface area contributed by atoms with Crippen LogP contribution in [0.25, 0.3) is 0 Å². The summed E-state index contributed by atoms with van der Waals surface area (Å²) in [4.78, 5) is 10.7. The largest absolute Gasteiger partial charge is 0.346 e. The van der Waals surface area contributed by atoms with Crippen LogP contribution in [0.1, 0.15) is 25.1 Å². The Morgan fingerprint density at radius 2 is 2.11 bits per heavy atom. The Balaban J connectivity index is 1.86. The lowest BCUT2D eigenvalue weighted by Gasteiger charge is -2.32. The van der Waals surface area contributed by atoms with Crippen LogP contribution in [0.15, 0.2) is 6.20 Å². The minimum Gasteiger partial charge on any atom is -0.346 e. The Hall–Kier alpha value is -0.650. The van der Waals surface area contributed by atoms with Crippen molar-refractivity contribution in [2.45, 2.75) is 32.9 Å². The molecule has 0 spiro atoms. The normalized spacial score (nSPS) is 19.2. The molecule has 102 valence electrons. The zero-order chi connectivity index (χ0) is 13.0. The van der Waals surface area contributed by atoms with Crippen molar-refractivity contribution < 1.29 is 0 Å². The Morgan fingerprint density at radius 3 is 2.78 bits per heavy atom. The Labute approximate surface area is 114 Å². The average molecular weight is 268 g/mol. The van der Waals surface area contributed by atoms with Crippen LogP contribution in [0.5, 0.6) is 0 Å². The van der Waals surface area contributed by atoms with Gasteiger partial charge in [0.05, 0.1) is 0 Å². The molecule has 1 saturated heterocycles. The van der Waals surface area contributed by atoms with Crippen LogP contribution in [0.4, 0.5) is 5.13 Å². The summed E-state index contributed by atoms with van der Waals surface area (Å²) in [5.41, 5.74) is 0. The van der Waals surface area contributed by atoms with E-state index in [0.29, 0.717) is 6.04 Å². The Bertz CT molecular complexity index is 358. The van der Waals surface area contributed by atoms with Gasteiger partial charge in [-0.25, -0.2) is 4.98 Å². The molecule has 1 aromatic heterocycles. The number of likely N-dealkylation sites (N-methyl/N-ethyl adjacent to an activating group) is 1. The monoisotopic (exact) mass is 268 g/mol. The molecule has 4 nitrogen and oxygen atoms in total. The minimum absolute atomic E-state index is 0.583. The second-order valence-corrected chi connectivity index (χ2v) is 6.18. The Kier molecular flexibility index (Phi) is 4.97. The van der Waals surface area contributed by atoms with E-state index in [4.69, 9.17) is 0 Å². The van der Waals surface area contributed by atoms with E-state index in [1.165, 1.54) is 16.4 Å². The fourth-order valence-corrected chi connectivity index (χ4v) is 2.85. The second kappa shape index (κ2) is 6.50. The molecule has 1 aliphatic rings. The van der Waals surface area contributed by atoms with Crippen LogP contribution in [0, 0.1) is 0 Å². The second-order valence-electron chi connectivity index (χ2n) is 5.09. The number of hydrogen-bond donors (Lipinski definition) is 1. The van der Waals surface area contributed by atoms with Crippen LogP contribution in [-0.2, 0) is 6.54 Å². The molecule has 1 aromatic rings. The summed E-state index contributed by atoms with van der Waals surface area (Å²) in [6.45, 7) is 9.85. The maximum Gasteiger partial charge on any atom is 0.185 e. The molecule has 2 heterocycles. The number of nitrogens with one attached hydrogen (secondary N) is 1. The third-order valence-electron chi connectivity index (χ3n) is 3.55. The molecule has 1 atom stereocenters. The number of nitrogens with zero attached hydrogens (tertiary/aromatic N) is 3. The van der Waals surface area contributed by atoms with Gasteiger partial charge in [-0.2, -0.15) is 0 Å². The van der Waals surface area contributed by atoms with Crippen molar-refractivity contribution in [3.05, 3.63) is 11.1 Å². The quantitative estimate of drug-likeness (QED) is 0.882. The van der Waals surface area contributed by atoms with E-state index in [2.05, 4.69) is 41.0 Å². The van der Waals surface area contributed by atoms with E-state index >= 15 is 0 Å². The van der Waals surface area contributed by atoms with E-state index in [9.17, 15) is 0 Å². The summed E-state index contributed by atoms with van der Waals surface area (Å²) in [6, 6.07) is 0.583. The smallest absolute Gasteiger partial charge is 0.185 e. The predicted octanol–water partition coefficient (Wildman–Crippen LogP) is 1.78. The van der Waals surface area contributed by atoms with Gasteiger partial charge in [0, 0.05) is 49.8 Å². The van der Waals surface area contributed by atoms with Gasteiger partial charge >= 0.3 is 0 Å². The molecular weight excluding hydrogens is 244 g/mol. The first-order chi connectivity index (χ1) is 8.69. The fraction of sp³-hybridized carbons (Fsp3) is 0.769. The van der Waals surface area contributed by atoms with Gasteiger partial charge in [-0.15, -0.1) is 11.3 Å². The van der Waals surface area contributed by atoms with Crippen LogP contribution in [0.2, 0.25) is 0 Å². The minimum atomic E-state index is 0.583. The zero-order valence-corrected chi connectivity index (χ0v) is 12.5. The first kappa shape index (κ1) is 13.8. The van der Waals surface area contributed by atoms with Gasteiger partial charge in [0.1, 0.15) is 0 Å². The van der Waals surface area contributed by atoms with E-state index in [-0.39, 0.29) is 0 Å². The van der Waals surface area contributed by atoms with Crippen molar-refractivity contribution in [3.8, 4) is 0 Å². The Morgan fingerprint density at radius 1 is 1.39 bits per heavy atom. The van der Waals surface area contributed by atoms with Crippen LogP contribution in [-0.4, -0.2) is 49.2 Å². The van der Waals surface area contributed by atoms with Crippen LogP contribution < -0.4 is 10.2 Å². The number of aromatic nitrogens is 1. The van der Waals surface area contributed by atoms with Gasteiger partial charge in [-0.1, -0.05) is 6.92 Å². The van der Waals surface area contributed by atoms with Gasteiger partial charge in [0.15, 0.2) is 5.13 Å². The molecule has 1 fully saturated rings. The molecule has 5 heteroatoms. The first-order valence-electron chi connectivity index (χ1n) is 6.80. The molecule has 0 aromatic carbocycles. The van der Waals surface area contributed by atoms with E-state index in [1.807, 2.05) is 17.5 Å². The lowest BCUT2D eigenvalue weighted by Crippen LogP contribution is -2.44. The summed E-state index contributed by atoms with van der Waals surface area (Å²) >= 11 is 1.83. The van der Waals surface area contributed by atoms with Crippen molar-refractivity contribution in [3.63, 3.8) is 0 Å². The molecule has 2 rings (SSSR count). The van der Waals surface area contributed by atoms with Crippen molar-refractivity contribution in [2.24, 2.45) is 0 Å². The highest BCUT2D eigenvalue weighted by atomic mass is 32.1. The number of rotatable bonds is 5. The van der Waals surface area contributed by atoms with Gasteiger partial charge in [-0.05, 0) is 20.4 Å².